The highest BCUT2D eigenvalue weighted by Crippen LogP contribution is 2.17. The van der Waals surface area contributed by atoms with Crippen LogP contribution in [0.25, 0.3) is 0 Å². The number of hydrogen-bond donors (Lipinski definition) is 2. The quantitative estimate of drug-likeness (QED) is 0.627. The van der Waals surface area contributed by atoms with Gasteiger partial charge in [-0.15, -0.1) is 11.3 Å². The molecule has 2 heterocycles. The number of nitrogens with zero attached hydrogens (tertiary/aromatic N) is 3. The highest BCUT2D eigenvalue weighted by Gasteiger charge is 2.09. The molecule has 23 heavy (non-hydrogen) atoms. The molecule has 0 saturated carbocycles. The molecule has 126 valence electrons. The van der Waals surface area contributed by atoms with Crippen LogP contribution in [-0.4, -0.2) is 29.7 Å². The highest BCUT2D eigenvalue weighted by molar-refractivity contribution is 7.09. The summed E-state index contributed by atoms with van der Waals surface area (Å²) in [5.41, 5.74) is 3.26. The van der Waals surface area contributed by atoms with Gasteiger partial charge < -0.3 is 15.2 Å². The van der Waals surface area contributed by atoms with Gasteiger partial charge in [-0.1, -0.05) is 19.0 Å². The van der Waals surface area contributed by atoms with Gasteiger partial charge in [-0.05, 0) is 26.2 Å². The van der Waals surface area contributed by atoms with Crippen LogP contribution in [0.3, 0.4) is 0 Å². The maximum Gasteiger partial charge on any atom is 0.191 e. The van der Waals surface area contributed by atoms with E-state index in [-0.39, 0.29) is 0 Å². The largest absolute Gasteiger partial charge is 0.361 e. The predicted molar refractivity (Wildman–Crippen MR) is 94.1 cm³/mol. The Kier molecular flexibility index (Phi) is 6.15. The van der Waals surface area contributed by atoms with Gasteiger partial charge in [-0.3, -0.25) is 4.99 Å². The zero-order valence-corrected chi connectivity index (χ0v) is 15.3. The molecule has 0 saturated heterocycles. The number of aliphatic imine (C=N–C) groups is 1. The van der Waals surface area contributed by atoms with Crippen molar-refractivity contribution in [2.45, 2.75) is 46.6 Å². The van der Waals surface area contributed by atoms with E-state index in [1.807, 2.05) is 13.8 Å². The van der Waals surface area contributed by atoms with E-state index in [0.29, 0.717) is 12.5 Å². The van der Waals surface area contributed by atoms with Crippen LogP contribution in [0.1, 0.15) is 47.5 Å². The monoisotopic (exact) mass is 335 g/mol. The van der Waals surface area contributed by atoms with E-state index >= 15 is 0 Å². The van der Waals surface area contributed by atoms with Crippen molar-refractivity contribution < 1.29 is 4.52 Å². The number of aryl methyl sites for hydroxylation is 2. The summed E-state index contributed by atoms with van der Waals surface area (Å²) in [6, 6.07) is 0. The van der Waals surface area contributed by atoms with Gasteiger partial charge in [0.25, 0.3) is 0 Å². The topological polar surface area (TPSA) is 75.3 Å². The smallest absolute Gasteiger partial charge is 0.191 e. The zero-order chi connectivity index (χ0) is 16.8. The molecule has 2 aromatic heterocycles. The summed E-state index contributed by atoms with van der Waals surface area (Å²) in [6.45, 7) is 9.67. The SMILES string of the molecule is CN=C(NCCc1c(C)noc1C)NCc1nc(C(C)C)cs1. The van der Waals surface area contributed by atoms with Crippen LogP contribution in [0.5, 0.6) is 0 Å². The predicted octanol–water partition coefficient (Wildman–Crippen LogP) is 2.78. The Morgan fingerprint density at radius 3 is 2.70 bits per heavy atom. The van der Waals surface area contributed by atoms with Crippen LogP contribution in [0.15, 0.2) is 14.9 Å². The number of nitrogens with one attached hydrogen (secondary N) is 2. The molecule has 0 amide bonds. The normalized spacial score (nSPS) is 12.0. The third-order valence-corrected chi connectivity index (χ3v) is 4.51. The molecule has 0 aliphatic heterocycles. The molecule has 0 spiro atoms. The number of hydrogen-bond acceptors (Lipinski definition) is 5. The van der Waals surface area contributed by atoms with Gasteiger partial charge in [0.2, 0.25) is 0 Å². The second-order valence-electron chi connectivity index (χ2n) is 5.73. The molecule has 0 atom stereocenters. The first-order valence-electron chi connectivity index (χ1n) is 7.81. The van der Waals surface area contributed by atoms with Crippen LogP contribution in [0.2, 0.25) is 0 Å². The van der Waals surface area contributed by atoms with Crippen molar-refractivity contribution in [2.75, 3.05) is 13.6 Å². The van der Waals surface area contributed by atoms with Crippen molar-refractivity contribution >= 4 is 17.3 Å². The maximum absolute atomic E-state index is 5.18. The minimum absolute atomic E-state index is 0.465. The number of rotatable bonds is 6. The standard InChI is InChI=1S/C16H25N5OS/c1-10(2)14-9-23-15(20-14)8-19-16(17-5)18-7-6-13-11(3)21-22-12(13)4/h9-10H,6-8H2,1-5H3,(H2,17,18,19). The summed E-state index contributed by atoms with van der Waals surface area (Å²) in [4.78, 5) is 8.85. The summed E-state index contributed by atoms with van der Waals surface area (Å²) < 4.78 is 5.18. The molecule has 0 bridgehead atoms. The van der Waals surface area contributed by atoms with Gasteiger partial charge in [0.1, 0.15) is 10.8 Å². The minimum atomic E-state index is 0.465. The summed E-state index contributed by atoms with van der Waals surface area (Å²) in [5.74, 6) is 2.13. The molecule has 0 aliphatic rings. The Bertz CT molecular complexity index is 640. The van der Waals surface area contributed by atoms with E-state index in [4.69, 9.17) is 4.52 Å². The Morgan fingerprint density at radius 1 is 1.35 bits per heavy atom. The first kappa shape index (κ1) is 17.5. The minimum Gasteiger partial charge on any atom is -0.361 e. The van der Waals surface area contributed by atoms with Crippen LogP contribution < -0.4 is 10.6 Å². The van der Waals surface area contributed by atoms with E-state index in [1.54, 1.807) is 18.4 Å². The van der Waals surface area contributed by atoms with E-state index in [2.05, 4.69) is 45.0 Å². The van der Waals surface area contributed by atoms with E-state index in [1.165, 1.54) is 0 Å². The van der Waals surface area contributed by atoms with Gasteiger partial charge in [-0.25, -0.2) is 4.98 Å². The molecule has 2 rings (SSSR count). The molecule has 2 N–H and O–H groups in total. The van der Waals surface area contributed by atoms with E-state index in [9.17, 15) is 0 Å². The molecule has 0 fully saturated rings. The third-order valence-electron chi connectivity index (χ3n) is 3.64. The number of guanidine groups is 1. The molecule has 0 unspecified atom stereocenters. The average Bonchev–Trinajstić information content (AvgIpc) is 3.12. The first-order chi connectivity index (χ1) is 11.0. The van der Waals surface area contributed by atoms with Crippen molar-refractivity contribution in [3.05, 3.63) is 33.1 Å². The van der Waals surface area contributed by atoms with Gasteiger partial charge in [-0.2, -0.15) is 0 Å². The summed E-state index contributed by atoms with van der Waals surface area (Å²) in [6.07, 6.45) is 0.858. The zero-order valence-electron chi connectivity index (χ0n) is 14.4. The molecule has 6 nitrogen and oxygen atoms in total. The van der Waals surface area contributed by atoms with Crippen LogP contribution in [0, 0.1) is 13.8 Å². The van der Waals surface area contributed by atoms with Crippen molar-refractivity contribution in [2.24, 2.45) is 4.99 Å². The number of thiazole rings is 1. The Hall–Kier alpha value is -1.89. The Balaban J connectivity index is 1.79. The highest BCUT2D eigenvalue weighted by atomic mass is 32.1. The van der Waals surface area contributed by atoms with Gasteiger partial charge in [0.05, 0.1) is 17.9 Å². The van der Waals surface area contributed by atoms with Crippen molar-refractivity contribution in [1.82, 2.24) is 20.8 Å². The van der Waals surface area contributed by atoms with Gasteiger partial charge in [0.15, 0.2) is 5.96 Å². The fraction of sp³-hybridized carbons (Fsp3) is 0.562. The van der Waals surface area contributed by atoms with Crippen LogP contribution in [0.4, 0.5) is 0 Å². The van der Waals surface area contributed by atoms with Crippen LogP contribution >= 0.6 is 11.3 Å². The lowest BCUT2D eigenvalue weighted by atomic mass is 10.1. The molecular weight excluding hydrogens is 310 g/mol. The van der Waals surface area contributed by atoms with Crippen molar-refractivity contribution in [3.63, 3.8) is 0 Å². The van der Waals surface area contributed by atoms with Gasteiger partial charge in [0, 0.05) is 24.5 Å². The second-order valence-corrected chi connectivity index (χ2v) is 6.67. The summed E-state index contributed by atoms with van der Waals surface area (Å²) in [7, 11) is 1.77. The molecule has 2 aromatic rings. The lowest BCUT2D eigenvalue weighted by molar-refractivity contribution is 0.392. The van der Waals surface area contributed by atoms with E-state index < -0.39 is 0 Å². The fourth-order valence-electron chi connectivity index (χ4n) is 2.22. The summed E-state index contributed by atoms with van der Waals surface area (Å²) in [5, 5.41) is 13.8. The molecule has 0 aliphatic carbocycles. The van der Waals surface area contributed by atoms with Crippen molar-refractivity contribution in [3.8, 4) is 0 Å². The number of aromatic nitrogens is 2. The van der Waals surface area contributed by atoms with Gasteiger partial charge >= 0.3 is 0 Å². The van der Waals surface area contributed by atoms with Crippen molar-refractivity contribution in [1.29, 1.82) is 0 Å². The molecular formula is C16H25N5OS. The third kappa shape index (κ3) is 4.79. The van der Waals surface area contributed by atoms with E-state index in [0.717, 1.165) is 46.6 Å². The lowest BCUT2D eigenvalue weighted by Crippen LogP contribution is -2.37. The maximum atomic E-state index is 5.18. The Labute approximate surface area is 141 Å². The summed E-state index contributed by atoms with van der Waals surface area (Å²) >= 11 is 1.68. The molecule has 7 heteroatoms. The molecule has 0 aromatic carbocycles. The lowest BCUT2D eigenvalue weighted by Gasteiger charge is -2.10. The second kappa shape index (κ2) is 8.10. The Morgan fingerprint density at radius 2 is 2.13 bits per heavy atom. The van der Waals surface area contributed by atoms with Crippen LogP contribution in [-0.2, 0) is 13.0 Å². The fourth-order valence-corrected chi connectivity index (χ4v) is 3.11. The molecule has 0 radical (unpaired) electrons. The first-order valence-corrected chi connectivity index (χ1v) is 8.69. The average molecular weight is 335 g/mol.